The minimum atomic E-state index is -0.654. The van der Waals surface area contributed by atoms with Gasteiger partial charge in [-0.3, -0.25) is 9.59 Å². The molecular formula is C47H70O8. The first kappa shape index (κ1) is 41.7. The molecule has 0 saturated heterocycles. The third kappa shape index (κ3) is 9.98. The first-order chi connectivity index (χ1) is 26.2. The lowest BCUT2D eigenvalue weighted by Gasteiger charge is -2.31. The highest BCUT2D eigenvalue weighted by atomic mass is 16.5. The number of carbonyl (C=O) groups is 4. The molecule has 4 bridgehead atoms. The molecule has 6 fully saturated rings. The molecule has 15 atom stereocenters. The number of allylic oxidation sites excluding steroid dienone is 1. The van der Waals surface area contributed by atoms with Gasteiger partial charge in [0.25, 0.3) is 0 Å². The molecule has 6 rings (SSSR count). The Balaban J connectivity index is 1.02. The Kier molecular flexibility index (Phi) is 13.8. The molecule has 306 valence electrons. The van der Waals surface area contributed by atoms with Crippen molar-refractivity contribution in [2.75, 3.05) is 26.4 Å². The molecule has 0 N–H and O–H groups in total. The van der Waals surface area contributed by atoms with Crippen molar-refractivity contribution in [3.63, 3.8) is 0 Å². The lowest BCUT2D eigenvalue weighted by Crippen LogP contribution is -2.30. The summed E-state index contributed by atoms with van der Waals surface area (Å²) in [7, 11) is 0. The largest absolute Gasteiger partial charge is 0.465 e. The Labute approximate surface area is 331 Å². The summed E-state index contributed by atoms with van der Waals surface area (Å²) in [5.74, 6) is 6.02. The molecular weight excluding hydrogens is 693 g/mol. The van der Waals surface area contributed by atoms with Gasteiger partial charge in [0.2, 0.25) is 0 Å². The monoisotopic (exact) mass is 763 g/mol. The van der Waals surface area contributed by atoms with E-state index in [1.54, 1.807) is 6.92 Å². The molecule has 6 aliphatic rings. The molecule has 11 unspecified atom stereocenters. The van der Waals surface area contributed by atoms with E-state index >= 15 is 0 Å². The van der Waals surface area contributed by atoms with E-state index in [4.69, 9.17) is 18.9 Å². The number of hydrogen-bond donors (Lipinski definition) is 0. The fourth-order valence-electron chi connectivity index (χ4n) is 13.2. The van der Waals surface area contributed by atoms with E-state index in [2.05, 4.69) is 46.9 Å². The first-order valence-electron chi connectivity index (χ1n) is 21.8. The summed E-state index contributed by atoms with van der Waals surface area (Å²) >= 11 is 0. The zero-order chi connectivity index (χ0) is 39.6. The van der Waals surface area contributed by atoms with Gasteiger partial charge < -0.3 is 18.9 Å². The van der Waals surface area contributed by atoms with Gasteiger partial charge in [-0.1, -0.05) is 52.5 Å². The fraction of sp³-hybridized carbons (Fsp3) is 0.787. The number of rotatable bonds is 19. The standard InChI is InChI=1S/C47H70O8/c1-9-44(48)52-22-31-13-38-34-18-36(41(20-34)42(38)15-31)25-55-47(51)37(30(8)12-29(7)11-28(6)10-26(2)3)21-45(49)53-23-32-14-39-33-17-35(24-54-46(50)27(4)5)40(19-33)43(39)16-32/h9,12,26,28-29,31-43H,1,4,10-11,13-25H2,2-3,5-8H3/b30-12+/t28?,29?,31?,32?,33?,34?,35?,36?,37?,38-,39-,40?,41?,42-,43-/m0/s1. The van der Waals surface area contributed by atoms with E-state index in [1.165, 1.54) is 18.9 Å². The molecule has 6 saturated carbocycles. The van der Waals surface area contributed by atoms with Crippen molar-refractivity contribution in [3.05, 3.63) is 36.5 Å². The number of hydrogen-bond acceptors (Lipinski definition) is 8. The Hall–Kier alpha value is -2.90. The normalized spacial score (nSPS) is 35.9. The highest BCUT2D eigenvalue weighted by molar-refractivity contribution is 5.87. The van der Waals surface area contributed by atoms with Crippen LogP contribution in [0.2, 0.25) is 0 Å². The van der Waals surface area contributed by atoms with Crippen LogP contribution in [0.25, 0.3) is 0 Å². The van der Waals surface area contributed by atoms with Crippen LogP contribution >= 0.6 is 0 Å². The zero-order valence-corrected chi connectivity index (χ0v) is 34.7. The Morgan fingerprint density at radius 1 is 0.655 bits per heavy atom. The third-order valence-corrected chi connectivity index (χ3v) is 15.1. The van der Waals surface area contributed by atoms with Crippen molar-refractivity contribution in [1.82, 2.24) is 0 Å². The maximum atomic E-state index is 14.0. The number of ether oxygens (including phenoxy) is 4. The molecule has 8 nitrogen and oxygen atoms in total. The van der Waals surface area contributed by atoms with Gasteiger partial charge in [0, 0.05) is 11.6 Å². The summed E-state index contributed by atoms with van der Waals surface area (Å²) in [5.41, 5.74) is 1.34. The third-order valence-electron chi connectivity index (χ3n) is 15.1. The van der Waals surface area contributed by atoms with Gasteiger partial charge in [-0.25, -0.2) is 9.59 Å². The molecule has 0 heterocycles. The van der Waals surface area contributed by atoms with Gasteiger partial charge in [0.05, 0.1) is 38.8 Å². The number of fused-ring (bicyclic) bond motifs is 10. The Morgan fingerprint density at radius 2 is 1.20 bits per heavy atom. The first-order valence-corrected chi connectivity index (χ1v) is 21.8. The van der Waals surface area contributed by atoms with Crippen molar-refractivity contribution in [1.29, 1.82) is 0 Å². The summed E-state index contributed by atoms with van der Waals surface area (Å²) in [6.45, 7) is 21.7. The molecule has 0 aromatic heterocycles. The fourth-order valence-corrected chi connectivity index (χ4v) is 13.2. The van der Waals surface area contributed by atoms with Crippen LogP contribution < -0.4 is 0 Å². The summed E-state index contributed by atoms with van der Waals surface area (Å²) in [4.78, 5) is 51.2. The van der Waals surface area contributed by atoms with E-state index in [9.17, 15) is 19.2 Å². The van der Waals surface area contributed by atoms with Crippen LogP contribution in [0.4, 0.5) is 0 Å². The van der Waals surface area contributed by atoms with E-state index in [1.807, 2.05) is 6.92 Å². The Bertz CT molecular complexity index is 1460. The number of esters is 4. The van der Waals surface area contributed by atoms with Gasteiger partial charge in [-0.15, -0.1) is 0 Å². The maximum absolute atomic E-state index is 14.0. The van der Waals surface area contributed by atoms with Crippen LogP contribution in [0.1, 0.15) is 112 Å². The van der Waals surface area contributed by atoms with Crippen LogP contribution in [0.5, 0.6) is 0 Å². The van der Waals surface area contributed by atoms with Gasteiger partial charge in [-0.2, -0.15) is 0 Å². The van der Waals surface area contributed by atoms with Crippen molar-refractivity contribution < 1.29 is 38.1 Å². The molecule has 0 aliphatic heterocycles. The molecule has 0 amide bonds. The molecule has 0 aromatic carbocycles. The number of carbonyl (C=O) groups excluding carboxylic acids is 4. The second-order valence-electron chi connectivity index (χ2n) is 19.8. The maximum Gasteiger partial charge on any atom is 0.333 e. The van der Waals surface area contributed by atoms with Crippen LogP contribution in [0, 0.1) is 94.7 Å². The highest BCUT2D eigenvalue weighted by Gasteiger charge is 2.57. The van der Waals surface area contributed by atoms with E-state index in [0.29, 0.717) is 115 Å². The summed E-state index contributed by atoms with van der Waals surface area (Å²) in [5, 5.41) is 0. The summed E-state index contributed by atoms with van der Waals surface area (Å²) in [6.07, 6.45) is 14.5. The van der Waals surface area contributed by atoms with Crippen LogP contribution in [-0.2, 0) is 38.1 Å². The van der Waals surface area contributed by atoms with Crippen LogP contribution in [0.3, 0.4) is 0 Å². The van der Waals surface area contributed by atoms with E-state index in [0.717, 1.165) is 56.9 Å². The average Bonchev–Trinajstić information content (AvgIpc) is 3.97. The van der Waals surface area contributed by atoms with Crippen molar-refractivity contribution >= 4 is 23.9 Å². The Morgan fingerprint density at radius 3 is 1.75 bits per heavy atom. The lowest BCUT2D eigenvalue weighted by molar-refractivity contribution is -0.155. The van der Waals surface area contributed by atoms with Crippen molar-refractivity contribution in [2.24, 2.45) is 94.7 Å². The van der Waals surface area contributed by atoms with Gasteiger partial charge >= 0.3 is 23.9 Å². The molecule has 0 aromatic rings. The van der Waals surface area contributed by atoms with E-state index < -0.39 is 5.92 Å². The van der Waals surface area contributed by atoms with Crippen molar-refractivity contribution in [2.45, 2.75) is 112 Å². The molecule has 6 aliphatic carbocycles. The molecule has 55 heavy (non-hydrogen) atoms. The lowest BCUT2D eigenvalue weighted by atomic mass is 9.76. The quantitative estimate of drug-likeness (QED) is 0.0556. The van der Waals surface area contributed by atoms with Gasteiger partial charge in [0.15, 0.2) is 0 Å². The van der Waals surface area contributed by atoms with E-state index in [-0.39, 0.29) is 36.2 Å². The molecule has 0 radical (unpaired) electrons. The smallest absolute Gasteiger partial charge is 0.333 e. The van der Waals surface area contributed by atoms with Crippen molar-refractivity contribution in [3.8, 4) is 0 Å². The predicted octanol–water partition coefficient (Wildman–Crippen LogP) is 9.18. The summed E-state index contributed by atoms with van der Waals surface area (Å²) < 4.78 is 23.1. The summed E-state index contributed by atoms with van der Waals surface area (Å²) in [6, 6.07) is 0. The van der Waals surface area contributed by atoms with Gasteiger partial charge in [0.1, 0.15) is 0 Å². The second-order valence-corrected chi connectivity index (χ2v) is 19.8. The molecule has 0 spiro atoms. The minimum Gasteiger partial charge on any atom is -0.465 e. The van der Waals surface area contributed by atoms with Gasteiger partial charge in [-0.05, 0) is 167 Å². The average molecular weight is 763 g/mol. The zero-order valence-electron chi connectivity index (χ0n) is 34.7. The second kappa shape index (κ2) is 18.1. The topological polar surface area (TPSA) is 105 Å². The van der Waals surface area contributed by atoms with Crippen LogP contribution in [0.15, 0.2) is 36.5 Å². The highest BCUT2D eigenvalue weighted by Crippen LogP contribution is 2.63. The predicted molar refractivity (Wildman–Crippen MR) is 212 cm³/mol. The minimum absolute atomic E-state index is 0.00293. The molecule has 8 heteroatoms. The van der Waals surface area contributed by atoms with Crippen LogP contribution in [-0.4, -0.2) is 50.3 Å². The SMILES string of the molecule is C=CC(=O)OCC1C[C@@H]2C3CC(CC3COC(=O)C(CC(=O)OCC3C[C@@H]4C5CC(CC5COC(=O)C(=C)C)[C@@H]4C3)/C(C)=C/C(C)CC(C)CC(C)C)[C@@H]2C1.